The number of benzene rings is 2. The van der Waals surface area contributed by atoms with E-state index in [1.165, 1.54) is 0 Å². The van der Waals surface area contributed by atoms with Crippen LogP contribution in [-0.4, -0.2) is 48.4 Å². The molecule has 0 bridgehead atoms. The number of ether oxygens (including phenoxy) is 1. The summed E-state index contributed by atoms with van der Waals surface area (Å²) in [6, 6.07) is 19.8. The average molecular weight is 451 g/mol. The van der Waals surface area contributed by atoms with Gasteiger partial charge in [0.2, 0.25) is 11.8 Å². The van der Waals surface area contributed by atoms with Crippen molar-refractivity contribution in [3.8, 4) is 5.75 Å². The lowest BCUT2D eigenvalue weighted by molar-refractivity contribution is -0.144. The Morgan fingerprint density at radius 3 is 2.30 bits per heavy atom. The third-order valence-electron chi connectivity index (χ3n) is 6.81. The van der Waals surface area contributed by atoms with E-state index in [1.54, 1.807) is 4.90 Å². The highest BCUT2D eigenvalue weighted by atomic mass is 16.5. The van der Waals surface area contributed by atoms with Gasteiger partial charge in [0.1, 0.15) is 5.75 Å². The molecule has 1 atom stereocenters. The van der Waals surface area contributed by atoms with Crippen molar-refractivity contribution in [2.75, 3.05) is 26.7 Å². The van der Waals surface area contributed by atoms with Gasteiger partial charge in [-0.3, -0.25) is 9.59 Å². The average Bonchev–Trinajstić information content (AvgIpc) is 2.85. The Bertz CT molecular complexity index is 883. The molecule has 3 rings (SSSR count). The third kappa shape index (κ3) is 6.83. The molecule has 5 heteroatoms. The van der Waals surface area contributed by atoms with Crippen molar-refractivity contribution in [1.29, 1.82) is 0 Å². The fourth-order valence-corrected chi connectivity index (χ4v) is 4.76. The quantitative estimate of drug-likeness (QED) is 0.502. The standard InChI is InChI=1S/C28H38N2O3/c1-4-24(5-2)27(32)30-18-12-17-28(21-30,22-33-25-15-10-7-11-16-25)19-26(31)29(3)20-23-13-8-6-9-14-23/h6-11,13-16,24H,4-5,12,17-22H2,1-3H3. The number of rotatable bonds is 10. The van der Waals surface area contributed by atoms with Crippen LogP contribution in [0, 0.1) is 11.3 Å². The van der Waals surface area contributed by atoms with Crippen molar-refractivity contribution in [2.24, 2.45) is 11.3 Å². The second kappa shape index (κ2) is 11.9. The number of hydrogen-bond donors (Lipinski definition) is 0. The second-order valence-corrected chi connectivity index (χ2v) is 9.39. The molecule has 5 nitrogen and oxygen atoms in total. The van der Waals surface area contributed by atoms with Crippen LogP contribution in [0.1, 0.15) is 51.5 Å². The fourth-order valence-electron chi connectivity index (χ4n) is 4.76. The molecule has 0 aliphatic carbocycles. The van der Waals surface area contributed by atoms with E-state index >= 15 is 0 Å². The normalized spacial score (nSPS) is 18.2. The van der Waals surface area contributed by atoms with Crippen LogP contribution in [0.25, 0.3) is 0 Å². The molecule has 1 unspecified atom stereocenters. The van der Waals surface area contributed by atoms with E-state index in [0.29, 0.717) is 26.1 Å². The minimum atomic E-state index is -0.391. The van der Waals surface area contributed by atoms with Crippen LogP contribution in [0.2, 0.25) is 0 Å². The van der Waals surface area contributed by atoms with Gasteiger partial charge in [-0.1, -0.05) is 62.4 Å². The first-order chi connectivity index (χ1) is 16.0. The molecule has 178 valence electrons. The molecule has 2 amide bonds. The summed E-state index contributed by atoms with van der Waals surface area (Å²) in [6.45, 7) is 6.48. The Kier molecular flexibility index (Phi) is 8.93. The highest BCUT2D eigenvalue weighted by molar-refractivity contribution is 5.80. The lowest BCUT2D eigenvalue weighted by Crippen LogP contribution is -2.52. The summed E-state index contributed by atoms with van der Waals surface area (Å²) < 4.78 is 6.18. The molecule has 0 radical (unpaired) electrons. The van der Waals surface area contributed by atoms with Crippen LogP contribution >= 0.6 is 0 Å². The molecule has 1 aliphatic heterocycles. The Labute approximate surface area is 198 Å². The van der Waals surface area contributed by atoms with Crippen molar-refractivity contribution >= 4 is 11.8 Å². The molecule has 1 fully saturated rings. The molecular formula is C28H38N2O3. The molecule has 0 aromatic heterocycles. The van der Waals surface area contributed by atoms with Gasteiger partial charge in [0.15, 0.2) is 0 Å². The maximum absolute atomic E-state index is 13.3. The zero-order valence-electron chi connectivity index (χ0n) is 20.3. The van der Waals surface area contributed by atoms with Gasteiger partial charge in [0.05, 0.1) is 6.61 Å². The molecule has 0 saturated carbocycles. The number of hydrogen-bond acceptors (Lipinski definition) is 3. The lowest BCUT2D eigenvalue weighted by Gasteiger charge is -2.43. The number of piperidine rings is 1. The van der Waals surface area contributed by atoms with Gasteiger partial charge in [-0.25, -0.2) is 0 Å². The van der Waals surface area contributed by atoms with Crippen LogP contribution in [-0.2, 0) is 16.1 Å². The number of likely N-dealkylation sites (tertiary alicyclic amines) is 1. The Hall–Kier alpha value is -2.82. The van der Waals surface area contributed by atoms with E-state index in [0.717, 1.165) is 43.5 Å². The van der Waals surface area contributed by atoms with Gasteiger partial charge in [0.25, 0.3) is 0 Å². The number of para-hydroxylation sites is 1. The zero-order chi connectivity index (χ0) is 23.7. The van der Waals surface area contributed by atoms with Crippen molar-refractivity contribution < 1.29 is 14.3 Å². The maximum Gasteiger partial charge on any atom is 0.225 e. The first-order valence-corrected chi connectivity index (χ1v) is 12.2. The second-order valence-electron chi connectivity index (χ2n) is 9.39. The molecule has 2 aromatic carbocycles. The summed E-state index contributed by atoms with van der Waals surface area (Å²) in [6.07, 6.45) is 3.82. The van der Waals surface area contributed by atoms with Crippen LogP contribution in [0.5, 0.6) is 5.75 Å². The van der Waals surface area contributed by atoms with E-state index < -0.39 is 5.41 Å². The van der Waals surface area contributed by atoms with Crippen molar-refractivity contribution in [1.82, 2.24) is 9.80 Å². The summed E-state index contributed by atoms with van der Waals surface area (Å²) in [5.41, 5.74) is 0.717. The van der Waals surface area contributed by atoms with Gasteiger partial charge < -0.3 is 14.5 Å². The summed E-state index contributed by atoms with van der Waals surface area (Å²) in [5, 5.41) is 0. The Balaban J connectivity index is 1.75. The van der Waals surface area contributed by atoms with Crippen LogP contribution in [0.3, 0.4) is 0 Å². The highest BCUT2D eigenvalue weighted by Crippen LogP contribution is 2.36. The predicted molar refractivity (Wildman–Crippen MR) is 132 cm³/mol. The molecule has 2 aromatic rings. The topological polar surface area (TPSA) is 49.9 Å². The summed E-state index contributed by atoms with van der Waals surface area (Å²) in [4.78, 5) is 30.3. The summed E-state index contributed by atoms with van der Waals surface area (Å²) in [7, 11) is 1.86. The van der Waals surface area contributed by atoms with Crippen LogP contribution < -0.4 is 4.74 Å². The maximum atomic E-state index is 13.3. The minimum Gasteiger partial charge on any atom is -0.493 e. The van der Waals surface area contributed by atoms with Gasteiger partial charge in [-0.05, 0) is 43.4 Å². The van der Waals surface area contributed by atoms with E-state index in [2.05, 4.69) is 13.8 Å². The Morgan fingerprint density at radius 1 is 1.03 bits per heavy atom. The van der Waals surface area contributed by atoms with Crippen molar-refractivity contribution in [3.05, 3.63) is 66.2 Å². The predicted octanol–water partition coefficient (Wildman–Crippen LogP) is 5.16. The van der Waals surface area contributed by atoms with Gasteiger partial charge >= 0.3 is 0 Å². The van der Waals surface area contributed by atoms with E-state index in [9.17, 15) is 9.59 Å². The van der Waals surface area contributed by atoms with E-state index in [-0.39, 0.29) is 17.7 Å². The van der Waals surface area contributed by atoms with E-state index in [1.807, 2.05) is 72.6 Å². The lowest BCUT2D eigenvalue weighted by atomic mass is 9.76. The Morgan fingerprint density at radius 2 is 1.67 bits per heavy atom. The smallest absolute Gasteiger partial charge is 0.225 e. The van der Waals surface area contributed by atoms with Gasteiger partial charge in [0, 0.05) is 44.4 Å². The molecule has 1 aliphatic rings. The minimum absolute atomic E-state index is 0.0484. The van der Waals surface area contributed by atoms with Crippen molar-refractivity contribution in [2.45, 2.75) is 52.5 Å². The molecule has 1 heterocycles. The molecule has 0 spiro atoms. The van der Waals surface area contributed by atoms with Crippen LogP contribution in [0.4, 0.5) is 0 Å². The molecule has 33 heavy (non-hydrogen) atoms. The SMILES string of the molecule is CCC(CC)C(=O)N1CCCC(COc2ccccc2)(CC(=O)N(C)Cc2ccccc2)C1. The summed E-state index contributed by atoms with van der Waals surface area (Å²) in [5.74, 6) is 1.15. The van der Waals surface area contributed by atoms with Gasteiger partial charge in [-0.15, -0.1) is 0 Å². The summed E-state index contributed by atoms with van der Waals surface area (Å²) >= 11 is 0. The number of carbonyl (C=O) groups is 2. The fraction of sp³-hybridized carbons (Fsp3) is 0.500. The number of carbonyl (C=O) groups excluding carboxylic acids is 2. The van der Waals surface area contributed by atoms with Crippen molar-refractivity contribution in [3.63, 3.8) is 0 Å². The molecule has 0 N–H and O–H groups in total. The largest absolute Gasteiger partial charge is 0.493 e. The zero-order valence-corrected chi connectivity index (χ0v) is 20.3. The highest BCUT2D eigenvalue weighted by Gasteiger charge is 2.41. The molecular weight excluding hydrogens is 412 g/mol. The van der Waals surface area contributed by atoms with Crippen LogP contribution in [0.15, 0.2) is 60.7 Å². The van der Waals surface area contributed by atoms with Gasteiger partial charge in [-0.2, -0.15) is 0 Å². The third-order valence-corrected chi connectivity index (χ3v) is 6.81. The number of nitrogens with zero attached hydrogens (tertiary/aromatic N) is 2. The van der Waals surface area contributed by atoms with E-state index in [4.69, 9.17) is 4.74 Å². The molecule has 1 saturated heterocycles. The first-order valence-electron chi connectivity index (χ1n) is 12.2. The first kappa shape index (κ1) is 24.8. The number of amides is 2. The monoisotopic (exact) mass is 450 g/mol.